The minimum atomic E-state index is -0.510. The summed E-state index contributed by atoms with van der Waals surface area (Å²) in [6, 6.07) is 0. The second-order valence-corrected chi connectivity index (χ2v) is 4.67. The van der Waals surface area contributed by atoms with Gasteiger partial charge in [0.25, 0.3) is 0 Å². The highest BCUT2D eigenvalue weighted by Crippen LogP contribution is 2.16. The summed E-state index contributed by atoms with van der Waals surface area (Å²) in [5.41, 5.74) is -0.510. The molecule has 14 heavy (non-hydrogen) atoms. The Balaban J connectivity index is 1.75. The minimum absolute atomic E-state index is 0.472. The van der Waals surface area contributed by atoms with E-state index < -0.39 is 5.60 Å². The van der Waals surface area contributed by atoms with Crippen LogP contribution >= 0.6 is 0 Å². The molecule has 2 rings (SSSR count). The molecule has 0 aliphatic carbocycles. The van der Waals surface area contributed by atoms with Crippen LogP contribution < -0.4 is 10.6 Å². The Labute approximate surface area is 85.7 Å². The van der Waals surface area contributed by atoms with E-state index in [9.17, 15) is 5.11 Å². The fourth-order valence-electron chi connectivity index (χ4n) is 2.36. The van der Waals surface area contributed by atoms with Crippen LogP contribution in [0.5, 0.6) is 0 Å². The number of hydrogen-bond acceptors (Lipinski definition) is 4. The van der Waals surface area contributed by atoms with Crippen molar-refractivity contribution in [3.8, 4) is 0 Å². The lowest BCUT2D eigenvalue weighted by atomic mass is 10.0. The smallest absolute Gasteiger partial charge is 0.0907 e. The SMILES string of the molecule is CN1CCCC1NCC1(O)CCNC1. The van der Waals surface area contributed by atoms with E-state index in [0.29, 0.717) is 6.17 Å². The van der Waals surface area contributed by atoms with Crippen LogP contribution in [0.1, 0.15) is 19.3 Å². The number of β-amino-alcohol motifs (C(OH)–C–C–N with tert-alkyl or cyclic N) is 1. The third-order valence-electron chi connectivity index (χ3n) is 3.41. The van der Waals surface area contributed by atoms with Crippen LogP contribution in [0.4, 0.5) is 0 Å². The third kappa shape index (κ3) is 2.25. The Bertz CT molecular complexity index is 192. The Hall–Kier alpha value is -0.160. The number of likely N-dealkylation sites (tertiary alicyclic amines) is 1. The van der Waals surface area contributed by atoms with Crippen molar-refractivity contribution < 1.29 is 5.11 Å². The van der Waals surface area contributed by atoms with E-state index in [-0.39, 0.29) is 0 Å². The van der Waals surface area contributed by atoms with Gasteiger partial charge in [-0.05, 0) is 39.4 Å². The van der Waals surface area contributed by atoms with Crippen molar-refractivity contribution >= 4 is 0 Å². The maximum Gasteiger partial charge on any atom is 0.0907 e. The first-order chi connectivity index (χ1) is 6.70. The van der Waals surface area contributed by atoms with Crippen molar-refractivity contribution in [3.05, 3.63) is 0 Å². The molecule has 0 spiro atoms. The van der Waals surface area contributed by atoms with Gasteiger partial charge in [0.1, 0.15) is 0 Å². The predicted molar refractivity (Wildman–Crippen MR) is 56.1 cm³/mol. The van der Waals surface area contributed by atoms with Crippen LogP contribution in [0, 0.1) is 0 Å². The molecule has 0 aromatic heterocycles. The Morgan fingerprint density at radius 3 is 3.07 bits per heavy atom. The van der Waals surface area contributed by atoms with Gasteiger partial charge in [0.2, 0.25) is 0 Å². The molecule has 4 nitrogen and oxygen atoms in total. The number of nitrogens with one attached hydrogen (secondary N) is 2. The van der Waals surface area contributed by atoms with Crippen molar-refractivity contribution in [1.29, 1.82) is 0 Å². The van der Waals surface area contributed by atoms with Gasteiger partial charge >= 0.3 is 0 Å². The van der Waals surface area contributed by atoms with Gasteiger partial charge in [-0.3, -0.25) is 10.2 Å². The molecule has 0 aromatic rings. The molecule has 0 amide bonds. The van der Waals surface area contributed by atoms with E-state index in [4.69, 9.17) is 0 Å². The zero-order valence-electron chi connectivity index (χ0n) is 8.92. The van der Waals surface area contributed by atoms with Crippen LogP contribution in [0.2, 0.25) is 0 Å². The van der Waals surface area contributed by atoms with Gasteiger partial charge in [0, 0.05) is 13.1 Å². The molecule has 3 N–H and O–H groups in total. The predicted octanol–water partition coefficient (Wildman–Crippen LogP) is -0.648. The zero-order chi connectivity index (χ0) is 10.0. The molecule has 2 unspecified atom stereocenters. The summed E-state index contributed by atoms with van der Waals surface area (Å²) < 4.78 is 0. The molecule has 2 atom stereocenters. The van der Waals surface area contributed by atoms with Gasteiger partial charge < -0.3 is 10.4 Å². The summed E-state index contributed by atoms with van der Waals surface area (Å²) in [6.45, 7) is 3.57. The first kappa shape index (κ1) is 10.4. The third-order valence-corrected chi connectivity index (χ3v) is 3.41. The highest BCUT2D eigenvalue weighted by molar-refractivity contribution is 4.91. The van der Waals surface area contributed by atoms with Gasteiger partial charge in [-0.25, -0.2) is 0 Å². The summed E-state index contributed by atoms with van der Waals surface area (Å²) in [7, 11) is 2.14. The summed E-state index contributed by atoms with van der Waals surface area (Å²) >= 11 is 0. The number of nitrogens with zero attached hydrogens (tertiary/aromatic N) is 1. The lowest BCUT2D eigenvalue weighted by Gasteiger charge is -2.27. The lowest BCUT2D eigenvalue weighted by Crippen LogP contribution is -2.49. The second-order valence-electron chi connectivity index (χ2n) is 4.67. The number of hydrogen-bond donors (Lipinski definition) is 3. The summed E-state index contributed by atoms with van der Waals surface area (Å²) in [4.78, 5) is 2.33. The highest BCUT2D eigenvalue weighted by atomic mass is 16.3. The van der Waals surface area contributed by atoms with Gasteiger partial charge in [-0.15, -0.1) is 0 Å². The molecule has 0 radical (unpaired) electrons. The minimum Gasteiger partial charge on any atom is -0.387 e. The van der Waals surface area contributed by atoms with Crippen LogP contribution in [-0.4, -0.2) is 55.0 Å². The monoisotopic (exact) mass is 199 g/mol. The van der Waals surface area contributed by atoms with E-state index in [1.54, 1.807) is 0 Å². The van der Waals surface area contributed by atoms with E-state index in [1.807, 2.05) is 0 Å². The number of rotatable bonds is 3. The fourth-order valence-corrected chi connectivity index (χ4v) is 2.36. The van der Waals surface area contributed by atoms with Gasteiger partial charge in [0.15, 0.2) is 0 Å². The molecule has 2 saturated heterocycles. The highest BCUT2D eigenvalue weighted by Gasteiger charge is 2.32. The molecular formula is C10H21N3O. The summed E-state index contributed by atoms with van der Waals surface area (Å²) in [5, 5.41) is 16.7. The van der Waals surface area contributed by atoms with Crippen LogP contribution in [0.25, 0.3) is 0 Å². The fraction of sp³-hybridized carbons (Fsp3) is 1.00. The van der Waals surface area contributed by atoms with Gasteiger partial charge in [-0.1, -0.05) is 0 Å². The van der Waals surface area contributed by atoms with Crippen molar-refractivity contribution in [2.45, 2.75) is 31.0 Å². The molecule has 2 aliphatic rings. The van der Waals surface area contributed by atoms with Crippen molar-refractivity contribution in [1.82, 2.24) is 15.5 Å². The first-order valence-electron chi connectivity index (χ1n) is 5.56. The maximum absolute atomic E-state index is 10.1. The molecular weight excluding hydrogens is 178 g/mol. The lowest BCUT2D eigenvalue weighted by molar-refractivity contribution is 0.0519. The molecule has 82 valence electrons. The molecule has 0 saturated carbocycles. The molecule has 2 aliphatic heterocycles. The standard InChI is InChI=1S/C10H21N3O/c1-13-6-2-3-9(13)12-8-10(14)4-5-11-7-10/h9,11-12,14H,2-8H2,1H3. The second kappa shape index (κ2) is 4.14. The average molecular weight is 199 g/mol. The maximum atomic E-state index is 10.1. The van der Waals surface area contributed by atoms with E-state index >= 15 is 0 Å². The van der Waals surface area contributed by atoms with Crippen molar-refractivity contribution in [2.24, 2.45) is 0 Å². The first-order valence-corrected chi connectivity index (χ1v) is 5.56. The molecule has 2 heterocycles. The summed E-state index contributed by atoms with van der Waals surface area (Å²) in [6.07, 6.45) is 3.82. The van der Waals surface area contributed by atoms with E-state index in [0.717, 1.165) is 26.1 Å². The summed E-state index contributed by atoms with van der Waals surface area (Å²) in [5.74, 6) is 0. The van der Waals surface area contributed by atoms with Crippen molar-refractivity contribution in [2.75, 3.05) is 33.2 Å². The molecule has 2 fully saturated rings. The van der Waals surface area contributed by atoms with Crippen LogP contribution in [-0.2, 0) is 0 Å². The average Bonchev–Trinajstić information content (AvgIpc) is 2.73. The van der Waals surface area contributed by atoms with Gasteiger partial charge in [0.05, 0.1) is 11.8 Å². The van der Waals surface area contributed by atoms with Crippen molar-refractivity contribution in [3.63, 3.8) is 0 Å². The number of aliphatic hydroxyl groups is 1. The van der Waals surface area contributed by atoms with Crippen LogP contribution in [0.15, 0.2) is 0 Å². The Kier molecular flexibility index (Phi) is 3.07. The van der Waals surface area contributed by atoms with E-state index in [1.165, 1.54) is 19.4 Å². The molecule has 4 heteroatoms. The zero-order valence-corrected chi connectivity index (χ0v) is 8.92. The Morgan fingerprint density at radius 2 is 2.50 bits per heavy atom. The quantitative estimate of drug-likeness (QED) is 0.565. The topological polar surface area (TPSA) is 47.5 Å². The molecule has 0 aromatic carbocycles. The normalized spacial score (nSPS) is 39.4. The largest absolute Gasteiger partial charge is 0.387 e. The van der Waals surface area contributed by atoms with Crippen LogP contribution in [0.3, 0.4) is 0 Å². The van der Waals surface area contributed by atoms with E-state index in [2.05, 4.69) is 22.6 Å². The Morgan fingerprint density at radius 1 is 1.64 bits per heavy atom. The molecule has 0 bridgehead atoms. The van der Waals surface area contributed by atoms with Gasteiger partial charge in [-0.2, -0.15) is 0 Å².